The number of hydrogen-bond donors (Lipinski definition) is 0. The van der Waals surface area contributed by atoms with E-state index >= 15 is 0 Å². The second kappa shape index (κ2) is 11.3. The summed E-state index contributed by atoms with van der Waals surface area (Å²) in [6, 6.07) is 15.1. The van der Waals surface area contributed by atoms with Gasteiger partial charge in [-0.2, -0.15) is 5.10 Å². The zero-order valence-electron chi connectivity index (χ0n) is 21.0. The van der Waals surface area contributed by atoms with Crippen molar-refractivity contribution in [3.63, 3.8) is 0 Å². The molecule has 0 unspecified atom stereocenters. The smallest absolute Gasteiger partial charge is 0.226 e. The van der Waals surface area contributed by atoms with Gasteiger partial charge in [0.25, 0.3) is 0 Å². The maximum atomic E-state index is 13.0. The zero-order chi connectivity index (χ0) is 24.8. The summed E-state index contributed by atoms with van der Waals surface area (Å²) in [6.07, 6.45) is 0.962. The maximum absolute atomic E-state index is 13.0. The van der Waals surface area contributed by atoms with Crippen molar-refractivity contribution in [1.82, 2.24) is 19.6 Å². The molecule has 3 aromatic rings. The Morgan fingerprint density at radius 1 is 0.943 bits per heavy atom. The summed E-state index contributed by atoms with van der Waals surface area (Å²) in [6.45, 7) is 8.56. The van der Waals surface area contributed by atoms with Gasteiger partial charge in [0.15, 0.2) is 0 Å². The van der Waals surface area contributed by atoms with Crippen LogP contribution in [0.25, 0.3) is 5.69 Å². The number of ether oxygens (including phenoxy) is 3. The maximum Gasteiger partial charge on any atom is 0.226 e. The van der Waals surface area contributed by atoms with Crippen LogP contribution in [0.3, 0.4) is 0 Å². The van der Waals surface area contributed by atoms with Gasteiger partial charge in [0, 0.05) is 44.2 Å². The van der Waals surface area contributed by atoms with E-state index in [1.165, 1.54) is 0 Å². The predicted molar refractivity (Wildman–Crippen MR) is 135 cm³/mol. The number of nitrogens with zero attached hydrogens (tertiary/aromatic N) is 4. The molecule has 0 bridgehead atoms. The van der Waals surface area contributed by atoms with Crippen LogP contribution in [0.15, 0.2) is 48.5 Å². The molecule has 0 saturated carbocycles. The van der Waals surface area contributed by atoms with Crippen molar-refractivity contribution in [2.24, 2.45) is 0 Å². The van der Waals surface area contributed by atoms with Gasteiger partial charge >= 0.3 is 0 Å². The zero-order valence-corrected chi connectivity index (χ0v) is 21.0. The molecule has 0 spiro atoms. The number of aromatic nitrogens is 2. The van der Waals surface area contributed by atoms with Gasteiger partial charge in [0.2, 0.25) is 11.8 Å². The van der Waals surface area contributed by atoms with Crippen LogP contribution >= 0.6 is 0 Å². The molecule has 1 aliphatic heterocycles. The first kappa shape index (κ1) is 24.6. The highest BCUT2D eigenvalue weighted by Crippen LogP contribution is 2.33. The van der Waals surface area contributed by atoms with Crippen molar-refractivity contribution in [3.8, 4) is 28.8 Å². The van der Waals surface area contributed by atoms with Gasteiger partial charge in [-0.3, -0.25) is 4.79 Å². The van der Waals surface area contributed by atoms with E-state index in [0.29, 0.717) is 30.2 Å². The van der Waals surface area contributed by atoms with Crippen molar-refractivity contribution in [2.45, 2.75) is 26.7 Å². The number of rotatable bonds is 9. The lowest BCUT2D eigenvalue weighted by molar-refractivity contribution is -0.132. The van der Waals surface area contributed by atoms with E-state index in [2.05, 4.69) is 11.8 Å². The molecule has 1 saturated heterocycles. The van der Waals surface area contributed by atoms with Crippen LogP contribution in [-0.4, -0.2) is 72.4 Å². The fourth-order valence-electron chi connectivity index (χ4n) is 4.31. The fraction of sp³-hybridized carbons (Fsp3) is 0.407. The Bertz CT molecular complexity index is 1130. The number of benzene rings is 2. The molecule has 1 aromatic heterocycles. The molecule has 0 radical (unpaired) electrons. The number of amides is 1. The van der Waals surface area contributed by atoms with Gasteiger partial charge in [-0.05, 0) is 56.3 Å². The van der Waals surface area contributed by atoms with Crippen molar-refractivity contribution in [2.75, 3.05) is 46.9 Å². The van der Waals surface area contributed by atoms with Crippen LogP contribution in [-0.2, 0) is 11.2 Å². The number of carbonyl (C=O) groups excluding carboxylic acids is 1. The molecule has 4 rings (SSSR count). The molecule has 1 fully saturated rings. The summed E-state index contributed by atoms with van der Waals surface area (Å²) >= 11 is 0. The van der Waals surface area contributed by atoms with E-state index in [1.807, 2.05) is 60.4 Å². The second-order valence-electron chi connectivity index (χ2n) is 8.58. The Hall–Kier alpha value is -3.52. The van der Waals surface area contributed by atoms with Gasteiger partial charge in [-0.1, -0.05) is 13.0 Å². The first-order valence-corrected chi connectivity index (χ1v) is 12.1. The van der Waals surface area contributed by atoms with Crippen LogP contribution in [0.5, 0.6) is 23.1 Å². The molecular weight excluding hydrogens is 444 g/mol. The highest BCUT2D eigenvalue weighted by Gasteiger charge is 2.23. The molecule has 1 amide bonds. The summed E-state index contributed by atoms with van der Waals surface area (Å²) in [5.74, 6) is 2.89. The second-order valence-corrected chi connectivity index (χ2v) is 8.58. The third-order valence-corrected chi connectivity index (χ3v) is 6.47. The minimum absolute atomic E-state index is 0.171. The molecule has 8 nitrogen and oxygen atoms in total. The van der Waals surface area contributed by atoms with Gasteiger partial charge in [-0.15, -0.1) is 0 Å². The number of methoxy groups -OCH3 is 2. The molecule has 2 heterocycles. The SMILES string of the molecule is CCN1CCN(C(=O)CCc2c(C)nn(-c3ccc(OC)cc3)c2Oc2cccc(OC)c2)CC1. The summed E-state index contributed by atoms with van der Waals surface area (Å²) < 4.78 is 18.8. The van der Waals surface area contributed by atoms with Crippen LogP contribution in [0.2, 0.25) is 0 Å². The summed E-state index contributed by atoms with van der Waals surface area (Å²) in [7, 11) is 3.27. The number of piperazine rings is 1. The van der Waals surface area contributed by atoms with Crippen LogP contribution in [0.1, 0.15) is 24.6 Å². The third kappa shape index (κ3) is 5.77. The lowest BCUT2D eigenvalue weighted by Crippen LogP contribution is -2.48. The van der Waals surface area contributed by atoms with Gasteiger partial charge in [0.1, 0.15) is 17.2 Å². The van der Waals surface area contributed by atoms with E-state index in [-0.39, 0.29) is 5.91 Å². The predicted octanol–water partition coefficient (Wildman–Crippen LogP) is 4.09. The summed E-state index contributed by atoms with van der Waals surface area (Å²) in [4.78, 5) is 17.3. The highest BCUT2D eigenvalue weighted by atomic mass is 16.5. The van der Waals surface area contributed by atoms with Gasteiger partial charge in [0.05, 0.1) is 25.6 Å². The normalized spacial score (nSPS) is 14.1. The molecular formula is C27H34N4O4. The van der Waals surface area contributed by atoms with E-state index in [9.17, 15) is 4.79 Å². The lowest BCUT2D eigenvalue weighted by atomic mass is 10.1. The number of carbonyl (C=O) groups is 1. The molecule has 1 aliphatic rings. The van der Waals surface area contributed by atoms with Crippen molar-refractivity contribution in [3.05, 3.63) is 59.8 Å². The molecule has 35 heavy (non-hydrogen) atoms. The van der Waals surface area contributed by atoms with Crippen LogP contribution in [0.4, 0.5) is 0 Å². The highest BCUT2D eigenvalue weighted by molar-refractivity contribution is 5.76. The Morgan fingerprint density at radius 3 is 2.29 bits per heavy atom. The number of hydrogen-bond acceptors (Lipinski definition) is 6. The average molecular weight is 479 g/mol. The van der Waals surface area contributed by atoms with Crippen molar-refractivity contribution < 1.29 is 19.0 Å². The minimum atomic E-state index is 0.171. The third-order valence-electron chi connectivity index (χ3n) is 6.47. The number of likely N-dealkylation sites (N-methyl/N-ethyl adjacent to an activating group) is 1. The van der Waals surface area contributed by atoms with E-state index in [1.54, 1.807) is 18.9 Å². The van der Waals surface area contributed by atoms with E-state index < -0.39 is 0 Å². The molecule has 0 aliphatic carbocycles. The van der Waals surface area contributed by atoms with Crippen LogP contribution < -0.4 is 14.2 Å². The molecule has 0 atom stereocenters. The van der Waals surface area contributed by atoms with Gasteiger partial charge < -0.3 is 24.0 Å². The average Bonchev–Trinajstić information content (AvgIpc) is 3.21. The first-order chi connectivity index (χ1) is 17.0. The molecule has 2 aromatic carbocycles. The molecule has 0 N–H and O–H groups in total. The lowest BCUT2D eigenvalue weighted by Gasteiger charge is -2.34. The topological polar surface area (TPSA) is 69.1 Å². The fourth-order valence-corrected chi connectivity index (χ4v) is 4.31. The minimum Gasteiger partial charge on any atom is -0.497 e. The van der Waals surface area contributed by atoms with E-state index in [4.69, 9.17) is 19.3 Å². The Kier molecular flexibility index (Phi) is 7.92. The van der Waals surface area contributed by atoms with Crippen LogP contribution in [0, 0.1) is 6.92 Å². The van der Waals surface area contributed by atoms with Crippen molar-refractivity contribution in [1.29, 1.82) is 0 Å². The van der Waals surface area contributed by atoms with Crippen molar-refractivity contribution >= 4 is 5.91 Å². The summed E-state index contributed by atoms with van der Waals surface area (Å²) in [5.41, 5.74) is 2.60. The quantitative estimate of drug-likeness (QED) is 0.462. The Labute approximate surface area is 207 Å². The Balaban J connectivity index is 1.60. The van der Waals surface area contributed by atoms with Gasteiger partial charge in [-0.25, -0.2) is 4.68 Å². The largest absolute Gasteiger partial charge is 0.497 e. The molecule has 8 heteroatoms. The summed E-state index contributed by atoms with van der Waals surface area (Å²) in [5, 5.41) is 4.77. The Morgan fingerprint density at radius 2 is 1.63 bits per heavy atom. The standard InChI is InChI=1S/C27H34N4O4/c1-5-29-15-17-30(18-16-29)26(32)14-13-25-20(2)28-31(21-9-11-22(33-3)12-10-21)27(25)35-24-8-6-7-23(19-24)34-4/h6-12,19H,5,13-18H2,1-4H3. The first-order valence-electron chi connectivity index (χ1n) is 12.1. The number of aryl methyl sites for hydroxylation is 1. The van der Waals surface area contributed by atoms with E-state index in [0.717, 1.165) is 55.4 Å². The monoisotopic (exact) mass is 478 g/mol. The molecule has 186 valence electrons.